The Labute approximate surface area is 152 Å². The van der Waals surface area contributed by atoms with E-state index < -0.39 is 18.0 Å². The standard InChI is InChI=1S/C15H13Cl2NO5S/c1-8(23-15(20)12-11(16)13(17)18-24-12)7-22-10-5-3-4-9(6-10)14(19)21-2/h3-6,8H,7H2,1-2H3. The summed E-state index contributed by atoms with van der Waals surface area (Å²) in [6.45, 7) is 1.76. The number of hydrogen-bond donors (Lipinski definition) is 0. The zero-order valence-corrected chi connectivity index (χ0v) is 15.1. The lowest BCUT2D eigenvalue weighted by atomic mass is 10.2. The van der Waals surface area contributed by atoms with E-state index in [9.17, 15) is 9.59 Å². The molecule has 0 saturated heterocycles. The van der Waals surface area contributed by atoms with Crippen molar-refractivity contribution in [1.82, 2.24) is 4.37 Å². The van der Waals surface area contributed by atoms with Gasteiger partial charge in [0.05, 0.1) is 12.7 Å². The first-order valence-electron chi connectivity index (χ1n) is 6.75. The molecule has 6 nitrogen and oxygen atoms in total. The number of rotatable bonds is 6. The van der Waals surface area contributed by atoms with Crippen molar-refractivity contribution in [3.63, 3.8) is 0 Å². The van der Waals surface area contributed by atoms with Gasteiger partial charge in [0.2, 0.25) is 0 Å². The molecule has 1 aromatic heterocycles. The number of nitrogens with zero attached hydrogens (tertiary/aromatic N) is 1. The largest absolute Gasteiger partial charge is 0.490 e. The van der Waals surface area contributed by atoms with Gasteiger partial charge in [0, 0.05) is 0 Å². The molecule has 128 valence electrons. The van der Waals surface area contributed by atoms with Gasteiger partial charge in [-0.15, -0.1) is 0 Å². The van der Waals surface area contributed by atoms with E-state index in [2.05, 4.69) is 9.11 Å². The molecule has 0 bridgehead atoms. The molecule has 1 heterocycles. The zero-order chi connectivity index (χ0) is 17.7. The summed E-state index contributed by atoms with van der Waals surface area (Å²) in [7, 11) is 1.30. The van der Waals surface area contributed by atoms with Crippen LogP contribution in [0.15, 0.2) is 24.3 Å². The summed E-state index contributed by atoms with van der Waals surface area (Å²) in [5.41, 5.74) is 0.366. The Kier molecular flexibility index (Phi) is 6.42. The molecule has 0 N–H and O–H groups in total. The minimum atomic E-state index is -0.621. The van der Waals surface area contributed by atoms with Crippen molar-refractivity contribution in [3.05, 3.63) is 44.9 Å². The maximum absolute atomic E-state index is 12.0. The number of carbonyl (C=O) groups excluding carboxylic acids is 2. The number of halogens is 2. The van der Waals surface area contributed by atoms with Crippen molar-refractivity contribution in [2.24, 2.45) is 0 Å². The summed E-state index contributed by atoms with van der Waals surface area (Å²) in [5, 5.41) is 0.141. The molecule has 1 aromatic carbocycles. The second kappa shape index (κ2) is 8.32. The molecule has 0 spiro atoms. The molecule has 0 aliphatic rings. The molecule has 0 aliphatic carbocycles. The van der Waals surface area contributed by atoms with Crippen LogP contribution < -0.4 is 4.74 Å². The topological polar surface area (TPSA) is 74.7 Å². The lowest BCUT2D eigenvalue weighted by Crippen LogP contribution is -2.21. The molecular weight excluding hydrogens is 377 g/mol. The summed E-state index contributed by atoms with van der Waals surface area (Å²) in [6.07, 6.45) is -0.545. The van der Waals surface area contributed by atoms with Crippen LogP contribution in [0, 0.1) is 0 Å². The van der Waals surface area contributed by atoms with Gasteiger partial charge in [0.25, 0.3) is 0 Å². The third kappa shape index (κ3) is 4.59. The highest BCUT2D eigenvalue weighted by Crippen LogP contribution is 2.29. The predicted molar refractivity (Wildman–Crippen MR) is 90.3 cm³/mol. The SMILES string of the molecule is COC(=O)c1cccc(OCC(C)OC(=O)c2snc(Cl)c2Cl)c1. The van der Waals surface area contributed by atoms with E-state index in [1.165, 1.54) is 7.11 Å². The average molecular weight is 390 g/mol. The molecule has 0 aliphatic heterocycles. The van der Waals surface area contributed by atoms with E-state index in [1.54, 1.807) is 31.2 Å². The highest BCUT2D eigenvalue weighted by atomic mass is 35.5. The molecule has 1 atom stereocenters. The van der Waals surface area contributed by atoms with Crippen LogP contribution in [0.1, 0.15) is 27.0 Å². The van der Waals surface area contributed by atoms with Crippen molar-refractivity contribution in [1.29, 1.82) is 0 Å². The van der Waals surface area contributed by atoms with Crippen molar-refractivity contribution < 1.29 is 23.8 Å². The van der Waals surface area contributed by atoms with Crippen LogP contribution in [-0.2, 0) is 9.47 Å². The van der Waals surface area contributed by atoms with E-state index in [4.69, 9.17) is 32.7 Å². The van der Waals surface area contributed by atoms with E-state index in [0.29, 0.717) is 11.3 Å². The normalized spacial score (nSPS) is 11.7. The molecule has 0 radical (unpaired) electrons. The van der Waals surface area contributed by atoms with E-state index >= 15 is 0 Å². The minimum absolute atomic E-state index is 0.0668. The first-order valence-corrected chi connectivity index (χ1v) is 8.28. The van der Waals surface area contributed by atoms with Crippen LogP contribution in [0.3, 0.4) is 0 Å². The van der Waals surface area contributed by atoms with Gasteiger partial charge in [-0.05, 0) is 36.7 Å². The second-order valence-electron chi connectivity index (χ2n) is 4.66. The maximum Gasteiger partial charge on any atom is 0.351 e. The van der Waals surface area contributed by atoms with Gasteiger partial charge in [-0.1, -0.05) is 29.3 Å². The Morgan fingerprint density at radius 1 is 1.29 bits per heavy atom. The number of aromatic nitrogens is 1. The molecule has 9 heteroatoms. The fourth-order valence-electron chi connectivity index (χ4n) is 1.70. The maximum atomic E-state index is 12.0. The van der Waals surface area contributed by atoms with Gasteiger partial charge < -0.3 is 14.2 Å². The summed E-state index contributed by atoms with van der Waals surface area (Å²) in [4.78, 5) is 23.6. The summed E-state index contributed by atoms with van der Waals surface area (Å²) >= 11 is 12.4. The van der Waals surface area contributed by atoms with Gasteiger partial charge >= 0.3 is 11.9 Å². The number of carbonyl (C=O) groups is 2. The minimum Gasteiger partial charge on any atom is -0.490 e. The molecule has 0 amide bonds. The molecule has 2 rings (SSSR count). The number of esters is 2. The average Bonchev–Trinajstić information content (AvgIpc) is 2.92. The molecule has 0 saturated carbocycles. The van der Waals surface area contributed by atoms with E-state index in [1.807, 2.05) is 0 Å². The van der Waals surface area contributed by atoms with Crippen LogP contribution in [0.2, 0.25) is 10.2 Å². The number of methoxy groups -OCH3 is 1. The highest BCUT2D eigenvalue weighted by molar-refractivity contribution is 7.09. The first kappa shape index (κ1) is 18.5. The second-order valence-corrected chi connectivity index (χ2v) is 6.17. The van der Waals surface area contributed by atoms with Gasteiger partial charge in [0.1, 0.15) is 23.5 Å². The summed E-state index contributed by atoms with van der Waals surface area (Å²) < 4.78 is 19.2. The lowest BCUT2D eigenvalue weighted by Gasteiger charge is -2.14. The van der Waals surface area contributed by atoms with Crippen molar-refractivity contribution in [2.75, 3.05) is 13.7 Å². The predicted octanol–water partition coefficient (Wildman–Crippen LogP) is 3.86. The Morgan fingerprint density at radius 2 is 2.04 bits per heavy atom. The monoisotopic (exact) mass is 389 g/mol. The molecule has 1 unspecified atom stereocenters. The quantitative estimate of drug-likeness (QED) is 0.698. The molecule has 2 aromatic rings. The fourth-order valence-corrected chi connectivity index (χ4v) is 2.79. The Bertz CT molecular complexity index is 749. The van der Waals surface area contributed by atoms with Crippen molar-refractivity contribution in [3.8, 4) is 5.75 Å². The van der Waals surface area contributed by atoms with E-state index in [0.717, 1.165) is 11.5 Å². The van der Waals surface area contributed by atoms with E-state index in [-0.39, 0.29) is 21.7 Å². The first-order chi connectivity index (χ1) is 11.4. The zero-order valence-electron chi connectivity index (χ0n) is 12.7. The van der Waals surface area contributed by atoms with Gasteiger partial charge in [-0.2, -0.15) is 4.37 Å². The smallest absolute Gasteiger partial charge is 0.351 e. The van der Waals surface area contributed by atoms with Gasteiger partial charge in [0.15, 0.2) is 10.0 Å². The van der Waals surface area contributed by atoms with Crippen LogP contribution in [0.4, 0.5) is 0 Å². The molecule has 0 fully saturated rings. The Balaban J connectivity index is 1.91. The lowest BCUT2D eigenvalue weighted by molar-refractivity contribution is 0.0234. The van der Waals surface area contributed by atoms with Gasteiger partial charge in [-0.3, -0.25) is 0 Å². The number of ether oxygens (including phenoxy) is 3. The fraction of sp³-hybridized carbons (Fsp3) is 0.267. The third-order valence-corrected chi connectivity index (χ3v) is 4.61. The van der Waals surface area contributed by atoms with Crippen molar-refractivity contribution >= 4 is 46.7 Å². The summed E-state index contributed by atoms with van der Waals surface area (Å²) in [6, 6.07) is 6.50. The Morgan fingerprint density at radius 3 is 2.67 bits per heavy atom. The third-order valence-electron chi connectivity index (χ3n) is 2.83. The number of benzene rings is 1. The van der Waals surface area contributed by atoms with Crippen LogP contribution in [-0.4, -0.2) is 36.1 Å². The van der Waals surface area contributed by atoms with Gasteiger partial charge in [-0.25, -0.2) is 9.59 Å². The number of hydrogen-bond acceptors (Lipinski definition) is 7. The van der Waals surface area contributed by atoms with Crippen LogP contribution in [0.25, 0.3) is 0 Å². The summed E-state index contributed by atoms with van der Waals surface area (Å²) in [5.74, 6) is -0.625. The Hall–Kier alpha value is -1.83. The van der Waals surface area contributed by atoms with Crippen molar-refractivity contribution in [2.45, 2.75) is 13.0 Å². The molecule has 24 heavy (non-hydrogen) atoms. The molecular formula is C15H13Cl2NO5S. The van der Waals surface area contributed by atoms with Crippen LogP contribution >= 0.6 is 34.7 Å². The highest BCUT2D eigenvalue weighted by Gasteiger charge is 2.21. The van der Waals surface area contributed by atoms with Crippen LogP contribution in [0.5, 0.6) is 5.75 Å².